The molecule has 1 aromatic carbocycles. The number of hydrogen-bond acceptors (Lipinski definition) is 5. The molecule has 1 N–H and O–H groups in total. The van der Waals surface area contributed by atoms with Crippen LogP contribution in [0.5, 0.6) is 0 Å². The average Bonchev–Trinajstić information content (AvgIpc) is 3.45. The average molecular weight is 454 g/mol. The molecule has 1 aliphatic heterocycles. The molecule has 1 atom stereocenters. The fourth-order valence-corrected chi connectivity index (χ4v) is 6.17. The Labute approximate surface area is 191 Å². The lowest BCUT2D eigenvalue weighted by atomic mass is 9.88. The van der Waals surface area contributed by atoms with Crippen LogP contribution in [0.3, 0.4) is 0 Å². The van der Waals surface area contributed by atoms with Crippen LogP contribution in [0.4, 0.5) is 9.39 Å². The molecule has 168 valence electrons. The minimum Gasteiger partial charge on any atom is -0.459 e. The molecule has 1 aliphatic carbocycles. The second-order valence-corrected chi connectivity index (χ2v) is 9.75. The summed E-state index contributed by atoms with van der Waals surface area (Å²) in [5.41, 5.74) is 3.04. The Morgan fingerprint density at radius 1 is 1.09 bits per heavy atom. The van der Waals surface area contributed by atoms with Crippen molar-refractivity contribution in [3.8, 4) is 0 Å². The molecule has 0 unspecified atom stereocenters. The summed E-state index contributed by atoms with van der Waals surface area (Å²) in [4.78, 5) is 18.9. The predicted octanol–water partition coefficient (Wildman–Crippen LogP) is 4.95. The minimum atomic E-state index is -0.263. The van der Waals surface area contributed by atoms with Gasteiger partial charge in [0.05, 0.1) is 12.3 Å². The number of amides is 1. The Balaban J connectivity index is 1.62. The predicted molar refractivity (Wildman–Crippen MR) is 125 cm³/mol. The first-order valence-electron chi connectivity index (χ1n) is 11.3. The van der Waals surface area contributed by atoms with Crippen molar-refractivity contribution in [2.24, 2.45) is 0 Å². The number of halogens is 1. The molecule has 0 bridgehead atoms. The standard InChI is InChI=1S/C25H28FN3O2S/c1-28-12-14-29(15-13-28)23(17-7-2-4-9-19(17)26)22-18-8-3-5-11-21(18)32-25(22)27-24(30)20-10-6-16-31-20/h2,4,6-7,9-10,16,23H,3,5,8,11-15H2,1H3,(H,27,30)/t23-/m1/s1. The van der Waals surface area contributed by atoms with E-state index in [-0.39, 0.29) is 23.5 Å². The minimum absolute atomic E-state index is 0.199. The second-order valence-electron chi connectivity index (χ2n) is 8.65. The summed E-state index contributed by atoms with van der Waals surface area (Å²) in [6, 6.07) is 10.2. The van der Waals surface area contributed by atoms with E-state index in [1.54, 1.807) is 35.6 Å². The van der Waals surface area contributed by atoms with Crippen molar-refractivity contribution in [3.05, 3.63) is 75.8 Å². The van der Waals surface area contributed by atoms with Gasteiger partial charge in [-0.3, -0.25) is 9.69 Å². The van der Waals surface area contributed by atoms with Gasteiger partial charge in [-0.05, 0) is 56.5 Å². The van der Waals surface area contributed by atoms with Gasteiger partial charge in [0.25, 0.3) is 5.91 Å². The van der Waals surface area contributed by atoms with E-state index < -0.39 is 0 Å². The number of carbonyl (C=O) groups excluding carboxylic acids is 1. The van der Waals surface area contributed by atoms with Crippen LogP contribution in [0.2, 0.25) is 0 Å². The molecule has 0 saturated carbocycles. The fourth-order valence-electron chi connectivity index (χ4n) is 4.86. The fraction of sp³-hybridized carbons (Fsp3) is 0.400. The second kappa shape index (κ2) is 9.17. The number of furan rings is 1. The number of benzene rings is 1. The zero-order chi connectivity index (χ0) is 22.1. The van der Waals surface area contributed by atoms with Crippen molar-refractivity contribution in [2.45, 2.75) is 31.7 Å². The lowest BCUT2D eigenvalue weighted by molar-refractivity contribution is 0.0996. The number of hydrogen-bond donors (Lipinski definition) is 1. The third-order valence-electron chi connectivity index (χ3n) is 6.56. The van der Waals surface area contributed by atoms with Gasteiger partial charge in [-0.2, -0.15) is 0 Å². The van der Waals surface area contributed by atoms with Gasteiger partial charge in [-0.15, -0.1) is 11.3 Å². The first-order valence-corrected chi connectivity index (χ1v) is 12.1. The van der Waals surface area contributed by atoms with Gasteiger partial charge in [-0.1, -0.05) is 18.2 Å². The molecule has 7 heteroatoms. The normalized spacial score (nSPS) is 18.3. The molecular weight excluding hydrogens is 425 g/mol. The van der Waals surface area contributed by atoms with Crippen LogP contribution < -0.4 is 5.32 Å². The molecule has 3 heterocycles. The van der Waals surface area contributed by atoms with E-state index in [9.17, 15) is 4.79 Å². The summed E-state index contributed by atoms with van der Waals surface area (Å²) in [7, 11) is 2.12. The van der Waals surface area contributed by atoms with Gasteiger partial charge < -0.3 is 14.6 Å². The van der Waals surface area contributed by atoms with Crippen molar-refractivity contribution in [3.63, 3.8) is 0 Å². The van der Waals surface area contributed by atoms with Gasteiger partial charge in [0.2, 0.25) is 0 Å². The number of fused-ring (bicyclic) bond motifs is 1. The van der Waals surface area contributed by atoms with E-state index in [0.717, 1.165) is 62.4 Å². The third kappa shape index (κ3) is 4.12. The molecule has 1 saturated heterocycles. The number of anilines is 1. The van der Waals surface area contributed by atoms with E-state index in [1.165, 1.54) is 16.7 Å². The van der Waals surface area contributed by atoms with Gasteiger partial charge in [0.15, 0.2) is 5.76 Å². The molecule has 0 radical (unpaired) electrons. The number of carbonyl (C=O) groups is 1. The molecule has 1 fully saturated rings. The topological polar surface area (TPSA) is 48.7 Å². The molecular formula is C25H28FN3O2S. The summed E-state index contributed by atoms with van der Waals surface area (Å²) in [6.45, 7) is 3.58. The summed E-state index contributed by atoms with van der Waals surface area (Å²) in [5.74, 6) is -0.180. The van der Waals surface area contributed by atoms with Gasteiger partial charge >= 0.3 is 0 Å². The zero-order valence-corrected chi connectivity index (χ0v) is 19.1. The van der Waals surface area contributed by atoms with Gasteiger partial charge in [-0.25, -0.2) is 4.39 Å². The summed E-state index contributed by atoms with van der Waals surface area (Å²) < 4.78 is 20.5. The van der Waals surface area contributed by atoms with Crippen molar-refractivity contribution < 1.29 is 13.6 Å². The van der Waals surface area contributed by atoms with Crippen LogP contribution in [0, 0.1) is 5.82 Å². The SMILES string of the molecule is CN1CCN([C@H](c2ccccc2F)c2c(NC(=O)c3ccco3)sc3c2CCCC3)CC1. The Morgan fingerprint density at radius 3 is 2.62 bits per heavy atom. The number of nitrogens with zero attached hydrogens (tertiary/aromatic N) is 2. The van der Waals surface area contributed by atoms with Crippen molar-refractivity contribution in [1.29, 1.82) is 0 Å². The Morgan fingerprint density at radius 2 is 1.88 bits per heavy atom. The molecule has 0 spiro atoms. The quantitative estimate of drug-likeness (QED) is 0.594. The van der Waals surface area contributed by atoms with Gasteiger partial charge in [0.1, 0.15) is 10.8 Å². The maximum absolute atomic E-state index is 15.2. The third-order valence-corrected chi connectivity index (χ3v) is 7.78. The van der Waals surface area contributed by atoms with E-state index >= 15 is 4.39 Å². The van der Waals surface area contributed by atoms with Crippen LogP contribution in [0.15, 0.2) is 47.1 Å². The van der Waals surface area contributed by atoms with Crippen molar-refractivity contribution in [2.75, 3.05) is 38.5 Å². The summed E-state index contributed by atoms with van der Waals surface area (Å²) in [6.07, 6.45) is 5.75. The lowest BCUT2D eigenvalue weighted by Gasteiger charge is -2.39. The summed E-state index contributed by atoms with van der Waals surface area (Å²) in [5, 5.41) is 3.94. The van der Waals surface area contributed by atoms with Gasteiger partial charge in [0, 0.05) is 42.2 Å². The number of aryl methyl sites for hydroxylation is 1. The molecule has 5 nitrogen and oxygen atoms in total. The van der Waals surface area contributed by atoms with Crippen molar-refractivity contribution >= 4 is 22.2 Å². The molecule has 2 aliphatic rings. The smallest absolute Gasteiger partial charge is 0.291 e. The van der Waals surface area contributed by atoms with Crippen LogP contribution in [0.1, 0.15) is 51.0 Å². The lowest BCUT2D eigenvalue weighted by Crippen LogP contribution is -2.46. The molecule has 3 aromatic rings. The van der Waals surface area contributed by atoms with Crippen LogP contribution in [0.25, 0.3) is 0 Å². The van der Waals surface area contributed by atoms with Crippen LogP contribution in [-0.4, -0.2) is 48.9 Å². The largest absolute Gasteiger partial charge is 0.459 e. The number of rotatable bonds is 5. The molecule has 32 heavy (non-hydrogen) atoms. The Hall–Kier alpha value is -2.48. The highest BCUT2D eigenvalue weighted by atomic mass is 32.1. The number of piperazine rings is 1. The maximum Gasteiger partial charge on any atom is 0.291 e. The number of nitrogens with one attached hydrogen (secondary N) is 1. The van der Waals surface area contributed by atoms with E-state index in [1.807, 2.05) is 12.1 Å². The highest BCUT2D eigenvalue weighted by Crippen LogP contribution is 2.46. The van der Waals surface area contributed by atoms with E-state index in [2.05, 4.69) is 22.2 Å². The van der Waals surface area contributed by atoms with E-state index in [4.69, 9.17) is 4.42 Å². The number of thiophene rings is 1. The molecule has 5 rings (SSSR count). The first kappa shape index (κ1) is 21.4. The molecule has 2 aromatic heterocycles. The maximum atomic E-state index is 15.2. The van der Waals surface area contributed by atoms with Crippen LogP contribution in [-0.2, 0) is 12.8 Å². The Kier molecular flexibility index (Phi) is 6.13. The molecule has 1 amide bonds. The number of likely N-dealkylation sites (N-methyl/N-ethyl adjacent to an activating group) is 1. The first-order chi connectivity index (χ1) is 15.6. The zero-order valence-electron chi connectivity index (χ0n) is 18.3. The highest BCUT2D eigenvalue weighted by molar-refractivity contribution is 7.16. The van der Waals surface area contributed by atoms with Crippen LogP contribution >= 0.6 is 11.3 Å². The van der Waals surface area contributed by atoms with Crippen molar-refractivity contribution in [1.82, 2.24) is 9.80 Å². The Bertz CT molecular complexity index is 1090. The highest BCUT2D eigenvalue weighted by Gasteiger charge is 2.34. The van der Waals surface area contributed by atoms with E-state index in [0.29, 0.717) is 5.56 Å². The monoisotopic (exact) mass is 453 g/mol. The summed E-state index contributed by atoms with van der Waals surface area (Å²) >= 11 is 1.65.